The second-order valence-corrected chi connectivity index (χ2v) is 5.53. The number of fused-ring (bicyclic) bond motifs is 1. The molecular formula is C15H18N2O3. The van der Waals surface area contributed by atoms with Gasteiger partial charge in [0.1, 0.15) is 0 Å². The van der Waals surface area contributed by atoms with Crippen LogP contribution in [0.2, 0.25) is 0 Å². The first-order chi connectivity index (χ1) is 9.65. The standard InChI is InChI=1S/C15H18N2O3/c18-14(19)13-6-3-7-16(10-13)15(20)17-8-11-4-1-2-5-12(11)9-17/h1-2,4-5,13H,3,6-10H2,(H,18,19)/t13-/m1/s1. The van der Waals surface area contributed by atoms with E-state index in [-0.39, 0.29) is 6.03 Å². The molecule has 3 rings (SSSR count). The summed E-state index contributed by atoms with van der Waals surface area (Å²) in [4.78, 5) is 27.1. The van der Waals surface area contributed by atoms with Crippen LogP contribution in [0.4, 0.5) is 4.79 Å². The molecule has 2 amide bonds. The lowest BCUT2D eigenvalue weighted by atomic mass is 9.99. The second kappa shape index (κ2) is 5.15. The lowest BCUT2D eigenvalue weighted by Crippen LogP contribution is -2.47. The fourth-order valence-corrected chi connectivity index (χ4v) is 3.02. The van der Waals surface area contributed by atoms with E-state index in [0.717, 1.165) is 6.42 Å². The van der Waals surface area contributed by atoms with E-state index in [1.54, 1.807) is 9.80 Å². The number of carboxylic acids is 1. The van der Waals surface area contributed by atoms with E-state index in [9.17, 15) is 9.59 Å². The lowest BCUT2D eigenvalue weighted by molar-refractivity contribution is -0.143. The molecule has 0 aromatic heterocycles. The molecule has 0 bridgehead atoms. The molecule has 1 N–H and O–H groups in total. The highest BCUT2D eigenvalue weighted by Crippen LogP contribution is 2.25. The number of likely N-dealkylation sites (tertiary alicyclic amines) is 1. The van der Waals surface area contributed by atoms with E-state index in [1.807, 2.05) is 24.3 Å². The number of rotatable bonds is 1. The molecule has 0 unspecified atom stereocenters. The van der Waals surface area contributed by atoms with Crippen LogP contribution in [0, 0.1) is 5.92 Å². The summed E-state index contributed by atoms with van der Waals surface area (Å²) >= 11 is 0. The van der Waals surface area contributed by atoms with Crippen molar-refractivity contribution in [3.8, 4) is 0 Å². The quantitative estimate of drug-likeness (QED) is 0.851. The Hall–Kier alpha value is -2.04. The van der Waals surface area contributed by atoms with Crippen LogP contribution >= 0.6 is 0 Å². The van der Waals surface area contributed by atoms with Crippen LogP contribution in [0.1, 0.15) is 24.0 Å². The number of carbonyl (C=O) groups excluding carboxylic acids is 1. The SMILES string of the molecule is O=C(O)[C@@H]1CCCN(C(=O)N2Cc3ccccc3C2)C1. The van der Waals surface area contributed by atoms with Gasteiger partial charge in [-0.2, -0.15) is 0 Å². The van der Waals surface area contributed by atoms with Crippen molar-refractivity contribution in [2.45, 2.75) is 25.9 Å². The molecule has 20 heavy (non-hydrogen) atoms. The van der Waals surface area contributed by atoms with Crippen LogP contribution in [0.25, 0.3) is 0 Å². The Morgan fingerprint density at radius 3 is 2.35 bits per heavy atom. The Labute approximate surface area is 117 Å². The molecule has 0 aliphatic carbocycles. The summed E-state index contributed by atoms with van der Waals surface area (Å²) in [6, 6.07) is 8.01. The molecule has 1 saturated heterocycles. The number of hydrogen-bond acceptors (Lipinski definition) is 2. The normalized spacial score (nSPS) is 21.7. The Kier molecular flexibility index (Phi) is 3.34. The largest absolute Gasteiger partial charge is 0.481 e. The topological polar surface area (TPSA) is 60.9 Å². The third-order valence-corrected chi connectivity index (χ3v) is 4.15. The van der Waals surface area contributed by atoms with E-state index in [1.165, 1.54) is 11.1 Å². The van der Waals surface area contributed by atoms with Gasteiger partial charge in [-0.3, -0.25) is 4.79 Å². The average Bonchev–Trinajstić information content (AvgIpc) is 2.90. The van der Waals surface area contributed by atoms with Crippen LogP contribution in [0.15, 0.2) is 24.3 Å². The molecule has 1 aromatic carbocycles. The first-order valence-electron chi connectivity index (χ1n) is 6.98. The number of piperidine rings is 1. The van der Waals surface area contributed by atoms with Crippen LogP contribution in [0.3, 0.4) is 0 Å². The van der Waals surface area contributed by atoms with Crippen molar-refractivity contribution in [1.82, 2.24) is 9.80 Å². The van der Waals surface area contributed by atoms with Crippen molar-refractivity contribution >= 4 is 12.0 Å². The monoisotopic (exact) mass is 274 g/mol. The van der Waals surface area contributed by atoms with Crippen molar-refractivity contribution in [2.24, 2.45) is 5.92 Å². The molecule has 1 aromatic rings. The van der Waals surface area contributed by atoms with Gasteiger partial charge in [0.25, 0.3) is 0 Å². The van der Waals surface area contributed by atoms with Crippen molar-refractivity contribution in [3.63, 3.8) is 0 Å². The van der Waals surface area contributed by atoms with Gasteiger partial charge in [-0.05, 0) is 24.0 Å². The predicted octanol–water partition coefficient (Wildman–Crippen LogP) is 1.92. The van der Waals surface area contributed by atoms with E-state index >= 15 is 0 Å². The Bertz CT molecular complexity index is 519. The number of hydrogen-bond donors (Lipinski definition) is 1. The molecule has 2 aliphatic heterocycles. The first kappa shape index (κ1) is 13.0. The van der Waals surface area contributed by atoms with E-state index < -0.39 is 11.9 Å². The fourth-order valence-electron chi connectivity index (χ4n) is 3.02. The number of carbonyl (C=O) groups is 2. The first-order valence-corrected chi connectivity index (χ1v) is 6.98. The molecule has 2 heterocycles. The zero-order chi connectivity index (χ0) is 14.1. The molecule has 0 radical (unpaired) electrons. The molecule has 2 aliphatic rings. The van der Waals surface area contributed by atoms with E-state index in [4.69, 9.17) is 5.11 Å². The minimum absolute atomic E-state index is 0.0350. The van der Waals surface area contributed by atoms with Gasteiger partial charge in [0, 0.05) is 26.2 Å². The number of nitrogens with zero attached hydrogens (tertiary/aromatic N) is 2. The molecule has 1 fully saturated rings. The summed E-state index contributed by atoms with van der Waals surface area (Å²) in [6.45, 7) is 2.25. The van der Waals surface area contributed by atoms with Crippen molar-refractivity contribution in [2.75, 3.05) is 13.1 Å². The third kappa shape index (κ3) is 2.35. The Morgan fingerprint density at radius 1 is 1.10 bits per heavy atom. The van der Waals surface area contributed by atoms with Crippen LogP contribution in [-0.2, 0) is 17.9 Å². The molecular weight excluding hydrogens is 256 g/mol. The number of benzene rings is 1. The van der Waals surface area contributed by atoms with Gasteiger partial charge < -0.3 is 14.9 Å². The minimum Gasteiger partial charge on any atom is -0.481 e. The molecule has 106 valence electrons. The van der Waals surface area contributed by atoms with Gasteiger partial charge >= 0.3 is 12.0 Å². The summed E-state index contributed by atoms with van der Waals surface area (Å²) in [5.74, 6) is -1.22. The third-order valence-electron chi connectivity index (χ3n) is 4.15. The zero-order valence-corrected chi connectivity index (χ0v) is 11.3. The van der Waals surface area contributed by atoms with Gasteiger partial charge in [-0.25, -0.2) is 4.79 Å². The lowest BCUT2D eigenvalue weighted by Gasteiger charge is -2.33. The van der Waals surface area contributed by atoms with Gasteiger partial charge in [-0.1, -0.05) is 24.3 Å². The maximum atomic E-state index is 12.5. The molecule has 1 atom stereocenters. The van der Waals surface area contributed by atoms with Crippen LogP contribution in [0.5, 0.6) is 0 Å². The van der Waals surface area contributed by atoms with Crippen molar-refractivity contribution < 1.29 is 14.7 Å². The summed E-state index contributed by atoms with van der Waals surface area (Å²) < 4.78 is 0. The maximum Gasteiger partial charge on any atom is 0.320 e. The summed E-state index contributed by atoms with van der Waals surface area (Å²) in [6.07, 6.45) is 1.43. The van der Waals surface area contributed by atoms with Crippen LogP contribution < -0.4 is 0 Å². The molecule has 5 heteroatoms. The van der Waals surface area contributed by atoms with Crippen molar-refractivity contribution in [3.05, 3.63) is 35.4 Å². The number of amides is 2. The van der Waals surface area contributed by atoms with Gasteiger partial charge in [-0.15, -0.1) is 0 Å². The fraction of sp³-hybridized carbons (Fsp3) is 0.467. The summed E-state index contributed by atoms with van der Waals surface area (Å²) in [5, 5.41) is 9.09. The molecule has 5 nitrogen and oxygen atoms in total. The molecule has 0 saturated carbocycles. The Morgan fingerprint density at radius 2 is 1.75 bits per heavy atom. The summed E-state index contributed by atoms with van der Waals surface area (Å²) in [7, 11) is 0. The Balaban J connectivity index is 1.67. The van der Waals surface area contributed by atoms with Gasteiger partial charge in [0.2, 0.25) is 0 Å². The van der Waals surface area contributed by atoms with Gasteiger partial charge in [0.05, 0.1) is 5.92 Å². The van der Waals surface area contributed by atoms with E-state index in [2.05, 4.69) is 0 Å². The summed E-state index contributed by atoms with van der Waals surface area (Å²) in [5.41, 5.74) is 2.38. The highest BCUT2D eigenvalue weighted by atomic mass is 16.4. The number of aliphatic carboxylic acids is 1. The highest BCUT2D eigenvalue weighted by molar-refractivity contribution is 5.77. The molecule has 0 spiro atoms. The zero-order valence-electron chi connectivity index (χ0n) is 11.3. The smallest absolute Gasteiger partial charge is 0.320 e. The second-order valence-electron chi connectivity index (χ2n) is 5.53. The highest BCUT2D eigenvalue weighted by Gasteiger charge is 2.32. The maximum absolute atomic E-state index is 12.5. The van der Waals surface area contributed by atoms with Crippen LogP contribution in [-0.4, -0.2) is 40.0 Å². The number of urea groups is 1. The van der Waals surface area contributed by atoms with E-state index in [0.29, 0.717) is 32.6 Å². The minimum atomic E-state index is -0.799. The van der Waals surface area contributed by atoms with Crippen molar-refractivity contribution in [1.29, 1.82) is 0 Å². The average molecular weight is 274 g/mol. The predicted molar refractivity (Wildman–Crippen MR) is 73.0 cm³/mol. The number of carboxylic acid groups (broad SMARTS) is 1. The van der Waals surface area contributed by atoms with Gasteiger partial charge in [0.15, 0.2) is 0 Å².